The van der Waals surface area contributed by atoms with Crippen LogP contribution in [0.5, 0.6) is 5.75 Å². The Kier molecular flexibility index (Phi) is 6.19. The van der Waals surface area contributed by atoms with Crippen LogP contribution in [0.3, 0.4) is 0 Å². The molecule has 0 bridgehead atoms. The second-order valence-electron chi connectivity index (χ2n) is 7.71. The smallest absolute Gasteiger partial charge is 0.263 e. The lowest BCUT2D eigenvalue weighted by Gasteiger charge is -2.35. The van der Waals surface area contributed by atoms with E-state index in [1.54, 1.807) is 31.2 Å². The molecule has 0 radical (unpaired) electrons. The van der Waals surface area contributed by atoms with Crippen molar-refractivity contribution in [2.24, 2.45) is 0 Å². The summed E-state index contributed by atoms with van der Waals surface area (Å²) in [6.07, 6.45) is -0.971. The summed E-state index contributed by atoms with van der Waals surface area (Å²) in [5.41, 5.74) is 3.41. The highest BCUT2D eigenvalue weighted by molar-refractivity contribution is 7.92. The van der Waals surface area contributed by atoms with Crippen molar-refractivity contribution < 1.29 is 17.9 Å². The average molecular weight is 451 g/mol. The van der Waals surface area contributed by atoms with E-state index >= 15 is 0 Å². The largest absolute Gasteiger partial charge is 0.476 e. The molecule has 4 rings (SSSR count). The molecular formula is C25H26N2O4S. The third kappa shape index (κ3) is 4.34. The molecule has 1 amide bonds. The molecule has 0 aromatic heterocycles. The lowest BCUT2D eigenvalue weighted by molar-refractivity contribution is -0.128. The SMILES string of the molecule is CCS(=O)(=O)N1C[C@@H](C(=O)N[C@@H](c2ccccc2)c2ccccc2C)Oc2ccccc21. The third-order valence-corrected chi connectivity index (χ3v) is 7.39. The quantitative estimate of drug-likeness (QED) is 0.620. The van der Waals surface area contributed by atoms with Crippen LogP contribution in [0.2, 0.25) is 0 Å². The number of anilines is 1. The van der Waals surface area contributed by atoms with Crippen molar-refractivity contribution in [3.05, 3.63) is 95.6 Å². The van der Waals surface area contributed by atoms with E-state index in [1.165, 1.54) is 4.31 Å². The summed E-state index contributed by atoms with van der Waals surface area (Å²) in [4.78, 5) is 13.4. The van der Waals surface area contributed by atoms with Gasteiger partial charge in [-0.1, -0.05) is 66.7 Å². The summed E-state index contributed by atoms with van der Waals surface area (Å²) < 4.78 is 32.7. The molecule has 0 fully saturated rings. The molecule has 2 atom stereocenters. The predicted octanol–water partition coefficient (Wildman–Crippen LogP) is 3.82. The van der Waals surface area contributed by atoms with Crippen molar-refractivity contribution in [1.29, 1.82) is 0 Å². The van der Waals surface area contributed by atoms with Crippen LogP contribution in [0, 0.1) is 6.92 Å². The number of sulfonamides is 1. The summed E-state index contributed by atoms with van der Waals surface area (Å²) in [6.45, 7) is 3.51. The second-order valence-corrected chi connectivity index (χ2v) is 9.90. The number of ether oxygens (including phenoxy) is 1. The van der Waals surface area contributed by atoms with Crippen LogP contribution in [0.1, 0.15) is 29.7 Å². The van der Waals surface area contributed by atoms with Gasteiger partial charge in [0.05, 0.1) is 24.0 Å². The number of carbonyl (C=O) groups is 1. The minimum Gasteiger partial charge on any atom is -0.476 e. The molecule has 3 aromatic rings. The summed E-state index contributed by atoms with van der Waals surface area (Å²) in [5, 5.41) is 3.10. The number of fused-ring (bicyclic) bond motifs is 1. The topological polar surface area (TPSA) is 75.7 Å². The van der Waals surface area contributed by atoms with Crippen LogP contribution < -0.4 is 14.4 Å². The Morgan fingerprint density at radius 3 is 2.41 bits per heavy atom. The molecule has 1 aliphatic heterocycles. The molecule has 166 valence electrons. The van der Waals surface area contributed by atoms with Crippen molar-refractivity contribution in [3.8, 4) is 5.75 Å². The van der Waals surface area contributed by atoms with Crippen molar-refractivity contribution >= 4 is 21.6 Å². The van der Waals surface area contributed by atoms with Gasteiger partial charge in [-0.2, -0.15) is 0 Å². The molecule has 1 aliphatic rings. The zero-order valence-corrected chi connectivity index (χ0v) is 18.9. The van der Waals surface area contributed by atoms with Gasteiger partial charge >= 0.3 is 0 Å². The molecular weight excluding hydrogens is 424 g/mol. The van der Waals surface area contributed by atoms with Gasteiger partial charge in [0.1, 0.15) is 5.75 Å². The van der Waals surface area contributed by atoms with Crippen molar-refractivity contribution in [2.45, 2.75) is 26.0 Å². The van der Waals surface area contributed by atoms with Gasteiger partial charge in [0.15, 0.2) is 6.10 Å². The highest BCUT2D eigenvalue weighted by atomic mass is 32.2. The molecule has 0 aliphatic carbocycles. The number of hydrogen-bond acceptors (Lipinski definition) is 4. The monoisotopic (exact) mass is 450 g/mol. The minimum atomic E-state index is -3.57. The molecule has 7 heteroatoms. The number of para-hydroxylation sites is 2. The van der Waals surface area contributed by atoms with Gasteiger partial charge < -0.3 is 10.1 Å². The van der Waals surface area contributed by atoms with Crippen LogP contribution in [0.25, 0.3) is 0 Å². The molecule has 0 saturated heterocycles. The lowest BCUT2D eigenvalue weighted by Crippen LogP contribution is -2.51. The number of nitrogens with one attached hydrogen (secondary N) is 1. The van der Waals surface area contributed by atoms with E-state index in [4.69, 9.17) is 4.74 Å². The maximum absolute atomic E-state index is 13.4. The van der Waals surface area contributed by atoms with E-state index in [-0.39, 0.29) is 24.2 Å². The Morgan fingerprint density at radius 1 is 1.03 bits per heavy atom. The highest BCUT2D eigenvalue weighted by Gasteiger charge is 2.36. The molecule has 6 nitrogen and oxygen atoms in total. The standard InChI is InChI=1S/C25H26N2O4S/c1-3-32(29,30)27-17-23(31-22-16-10-9-15-21(22)27)25(28)26-24(19-12-5-4-6-13-19)20-14-8-7-11-18(20)2/h4-16,23-24H,3,17H2,1-2H3,(H,26,28)/t23-,24-/m0/s1. The first-order valence-corrected chi connectivity index (χ1v) is 12.2. The Bertz CT molecular complexity index is 1210. The van der Waals surface area contributed by atoms with Crippen LogP contribution in [0.4, 0.5) is 5.69 Å². The van der Waals surface area contributed by atoms with Gasteiger partial charge in [0.25, 0.3) is 5.91 Å². The third-order valence-electron chi connectivity index (χ3n) is 5.65. The molecule has 0 unspecified atom stereocenters. The predicted molar refractivity (Wildman–Crippen MR) is 125 cm³/mol. The number of carbonyl (C=O) groups excluding carboxylic acids is 1. The molecule has 3 aromatic carbocycles. The number of rotatable bonds is 6. The number of aryl methyl sites for hydroxylation is 1. The molecule has 0 spiro atoms. The fraction of sp³-hybridized carbons (Fsp3) is 0.240. The zero-order chi connectivity index (χ0) is 22.7. The van der Waals surface area contributed by atoms with Gasteiger partial charge in [-0.3, -0.25) is 9.10 Å². The number of hydrogen-bond donors (Lipinski definition) is 1. The summed E-state index contributed by atoms with van der Waals surface area (Å²) in [7, 11) is -3.57. The van der Waals surface area contributed by atoms with Gasteiger partial charge in [-0.05, 0) is 42.7 Å². The van der Waals surface area contributed by atoms with Crippen molar-refractivity contribution in [1.82, 2.24) is 5.32 Å². The fourth-order valence-corrected chi connectivity index (χ4v) is 5.01. The van der Waals surface area contributed by atoms with E-state index < -0.39 is 16.1 Å². The van der Waals surface area contributed by atoms with Crippen LogP contribution >= 0.6 is 0 Å². The first kappa shape index (κ1) is 21.9. The van der Waals surface area contributed by atoms with Gasteiger partial charge in [0.2, 0.25) is 10.0 Å². The Balaban J connectivity index is 1.66. The normalized spacial score (nSPS) is 16.6. The fourth-order valence-electron chi connectivity index (χ4n) is 3.89. The zero-order valence-electron chi connectivity index (χ0n) is 18.1. The van der Waals surface area contributed by atoms with Gasteiger partial charge in [0, 0.05) is 0 Å². The molecule has 1 heterocycles. The number of nitrogens with zero attached hydrogens (tertiary/aromatic N) is 1. The second kappa shape index (κ2) is 9.04. The van der Waals surface area contributed by atoms with Crippen LogP contribution in [-0.4, -0.2) is 32.7 Å². The Hall–Kier alpha value is -3.32. The van der Waals surface area contributed by atoms with E-state index in [9.17, 15) is 13.2 Å². The van der Waals surface area contributed by atoms with Crippen molar-refractivity contribution in [3.63, 3.8) is 0 Å². The minimum absolute atomic E-state index is 0.0640. The van der Waals surface area contributed by atoms with E-state index in [2.05, 4.69) is 5.32 Å². The van der Waals surface area contributed by atoms with E-state index in [0.717, 1.165) is 16.7 Å². The van der Waals surface area contributed by atoms with Crippen LogP contribution in [0.15, 0.2) is 78.9 Å². The summed E-state index contributed by atoms with van der Waals surface area (Å²) in [6, 6.07) is 24.1. The molecule has 0 saturated carbocycles. The molecule has 32 heavy (non-hydrogen) atoms. The Morgan fingerprint density at radius 2 is 1.69 bits per heavy atom. The maximum atomic E-state index is 13.4. The number of amides is 1. The van der Waals surface area contributed by atoms with Gasteiger partial charge in [-0.25, -0.2) is 8.42 Å². The van der Waals surface area contributed by atoms with Crippen molar-refractivity contribution in [2.75, 3.05) is 16.6 Å². The maximum Gasteiger partial charge on any atom is 0.263 e. The van der Waals surface area contributed by atoms with Gasteiger partial charge in [-0.15, -0.1) is 0 Å². The first-order chi connectivity index (χ1) is 15.4. The lowest BCUT2D eigenvalue weighted by atomic mass is 9.94. The summed E-state index contributed by atoms with van der Waals surface area (Å²) in [5.74, 6) is -0.0538. The number of benzene rings is 3. The average Bonchev–Trinajstić information content (AvgIpc) is 2.82. The van der Waals surface area contributed by atoms with E-state index in [1.807, 2.05) is 61.5 Å². The Labute approximate surface area is 188 Å². The first-order valence-electron chi connectivity index (χ1n) is 10.6. The van der Waals surface area contributed by atoms with Crippen LogP contribution in [-0.2, 0) is 14.8 Å². The summed E-state index contributed by atoms with van der Waals surface area (Å²) >= 11 is 0. The molecule has 1 N–H and O–H groups in total. The van der Waals surface area contributed by atoms with E-state index in [0.29, 0.717) is 11.4 Å². The highest BCUT2D eigenvalue weighted by Crippen LogP contribution is 2.35.